The largest absolute Gasteiger partial charge is 0.379 e. The highest BCUT2D eigenvalue weighted by atomic mass is 16.5. The summed E-state index contributed by atoms with van der Waals surface area (Å²) in [6.07, 6.45) is 5.38. The molecular formula is C15H32N2O. The van der Waals surface area contributed by atoms with E-state index in [1.54, 1.807) is 0 Å². The fourth-order valence-corrected chi connectivity index (χ4v) is 2.50. The number of nitrogens with one attached hydrogen (secondary N) is 1. The average molecular weight is 256 g/mol. The van der Waals surface area contributed by atoms with Gasteiger partial charge >= 0.3 is 0 Å². The van der Waals surface area contributed by atoms with Crippen LogP contribution in [0.3, 0.4) is 0 Å². The molecule has 1 saturated heterocycles. The third kappa shape index (κ3) is 7.34. The highest BCUT2D eigenvalue weighted by Crippen LogP contribution is 2.07. The molecule has 0 saturated carbocycles. The van der Waals surface area contributed by atoms with Gasteiger partial charge in [0.2, 0.25) is 0 Å². The summed E-state index contributed by atoms with van der Waals surface area (Å²) in [6, 6.07) is 1.32. The minimum absolute atomic E-state index is 0.375. The fourth-order valence-electron chi connectivity index (χ4n) is 2.50. The summed E-state index contributed by atoms with van der Waals surface area (Å²) in [5.41, 5.74) is 0. The first kappa shape index (κ1) is 15.9. The molecule has 0 aromatic carbocycles. The molecule has 0 aliphatic carbocycles. The van der Waals surface area contributed by atoms with Gasteiger partial charge in [-0.05, 0) is 73.0 Å². The van der Waals surface area contributed by atoms with Crippen LogP contribution < -0.4 is 5.32 Å². The zero-order valence-corrected chi connectivity index (χ0v) is 12.7. The van der Waals surface area contributed by atoms with Gasteiger partial charge in [0.15, 0.2) is 0 Å². The summed E-state index contributed by atoms with van der Waals surface area (Å²) in [7, 11) is 0. The van der Waals surface area contributed by atoms with E-state index in [9.17, 15) is 0 Å². The lowest BCUT2D eigenvalue weighted by Gasteiger charge is -2.30. The molecule has 0 radical (unpaired) electrons. The lowest BCUT2D eigenvalue weighted by atomic mass is 10.1. The van der Waals surface area contributed by atoms with Crippen LogP contribution in [0.15, 0.2) is 0 Å². The van der Waals surface area contributed by atoms with Gasteiger partial charge in [-0.3, -0.25) is 0 Å². The van der Waals surface area contributed by atoms with Crippen LogP contribution in [0.25, 0.3) is 0 Å². The zero-order chi connectivity index (χ0) is 13.4. The lowest BCUT2D eigenvalue weighted by Crippen LogP contribution is -2.43. The first-order valence-electron chi connectivity index (χ1n) is 7.68. The monoisotopic (exact) mass is 256 g/mol. The number of hydrogen-bond acceptors (Lipinski definition) is 3. The number of unbranched alkanes of at least 4 members (excludes halogenated alkanes) is 1. The standard InChI is InChI=1S/C15H32N2O/c1-13(2)18-12-6-5-9-17-10-7-14(3)16-15(4)8-11-17/h13-16H,5-12H2,1-4H3. The Morgan fingerprint density at radius 3 is 2.28 bits per heavy atom. The molecule has 3 nitrogen and oxygen atoms in total. The van der Waals surface area contributed by atoms with Crippen molar-refractivity contribution in [2.45, 2.75) is 71.6 Å². The Hall–Kier alpha value is -0.120. The molecule has 1 N–H and O–H groups in total. The van der Waals surface area contributed by atoms with Gasteiger partial charge in [0.1, 0.15) is 0 Å². The van der Waals surface area contributed by atoms with Crippen LogP contribution in [0.2, 0.25) is 0 Å². The third-order valence-corrected chi connectivity index (χ3v) is 3.65. The van der Waals surface area contributed by atoms with Crippen molar-refractivity contribution in [3.8, 4) is 0 Å². The van der Waals surface area contributed by atoms with Crippen LogP contribution in [-0.2, 0) is 4.74 Å². The number of nitrogens with zero attached hydrogens (tertiary/aromatic N) is 1. The molecule has 2 unspecified atom stereocenters. The van der Waals surface area contributed by atoms with Crippen molar-refractivity contribution >= 4 is 0 Å². The van der Waals surface area contributed by atoms with Gasteiger partial charge in [0.05, 0.1) is 6.10 Å². The van der Waals surface area contributed by atoms with Gasteiger partial charge in [-0.15, -0.1) is 0 Å². The molecule has 1 aliphatic heterocycles. The van der Waals surface area contributed by atoms with Crippen LogP contribution in [0.5, 0.6) is 0 Å². The minimum Gasteiger partial charge on any atom is -0.379 e. The maximum Gasteiger partial charge on any atom is 0.0518 e. The molecule has 2 atom stereocenters. The summed E-state index contributed by atoms with van der Waals surface area (Å²) in [4.78, 5) is 2.63. The van der Waals surface area contributed by atoms with Gasteiger partial charge in [-0.1, -0.05) is 0 Å². The summed E-state index contributed by atoms with van der Waals surface area (Å²) >= 11 is 0. The Kier molecular flexibility index (Phi) is 7.87. The van der Waals surface area contributed by atoms with E-state index in [-0.39, 0.29) is 0 Å². The number of hydrogen-bond donors (Lipinski definition) is 1. The first-order valence-corrected chi connectivity index (χ1v) is 7.68. The second-order valence-electron chi connectivity index (χ2n) is 6.01. The molecule has 0 spiro atoms. The topological polar surface area (TPSA) is 24.5 Å². The van der Waals surface area contributed by atoms with Gasteiger partial charge in [0.25, 0.3) is 0 Å². The normalized spacial score (nSPS) is 27.2. The molecule has 0 aromatic heterocycles. The van der Waals surface area contributed by atoms with Crippen molar-refractivity contribution < 1.29 is 4.74 Å². The van der Waals surface area contributed by atoms with E-state index in [2.05, 4.69) is 37.9 Å². The summed E-state index contributed by atoms with van der Waals surface area (Å²) < 4.78 is 5.58. The second-order valence-corrected chi connectivity index (χ2v) is 6.01. The maximum atomic E-state index is 5.58. The summed E-state index contributed by atoms with van der Waals surface area (Å²) in [6.45, 7) is 13.5. The molecular weight excluding hydrogens is 224 g/mol. The molecule has 1 fully saturated rings. The second kappa shape index (κ2) is 8.89. The lowest BCUT2D eigenvalue weighted by molar-refractivity contribution is 0.0738. The van der Waals surface area contributed by atoms with Crippen molar-refractivity contribution in [2.75, 3.05) is 26.2 Å². The maximum absolute atomic E-state index is 5.58. The summed E-state index contributed by atoms with van der Waals surface area (Å²) in [5, 5.41) is 3.64. The first-order chi connectivity index (χ1) is 8.58. The van der Waals surface area contributed by atoms with E-state index < -0.39 is 0 Å². The van der Waals surface area contributed by atoms with E-state index in [1.807, 2.05) is 0 Å². The quantitative estimate of drug-likeness (QED) is 0.740. The van der Waals surface area contributed by atoms with E-state index in [0.29, 0.717) is 18.2 Å². The molecule has 0 aromatic rings. The van der Waals surface area contributed by atoms with Crippen LogP contribution in [0.4, 0.5) is 0 Å². The molecule has 18 heavy (non-hydrogen) atoms. The van der Waals surface area contributed by atoms with Crippen LogP contribution in [-0.4, -0.2) is 49.3 Å². The van der Waals surface area contributed by atoms with Crippen molar-refractivity contribution in [1.29, 1.82) is 0 Å². The molecule has 0 amide bonds. The smallest absolute Gasteiger partial charge is 0.0518 e. The van der Waals surface area contributed by atoms with Crippen LogP contribution >= 0.6 is 0 Å². The SMILES string of the molecule is CC1CCN(CCCCOC(C)C)CCC(C)N1. The summed E-state index contributed by atoms with van der Waals surface area (Å²) in [5.74, 6) is 0. The van der Waals surface area contributed by atoms with Crippen molar-refractivity contribution in [2.24, 2.45) is 0 Å². The fraction of sp³-hybridized carbons (Fsp3) is 1.00. The Morgan fingerprint density at radius 1 is 1.11 bits per heavy atom. The van der Waals surface area contributed by atoms with Crippen LogP contribution in [0.1, 0.15) is 53.4 Å². The van der Waals surface area contributed by atoms with Gasteiger partial charge in [-0.2, -0.15) is 0 Å². The predicted molar refractivity (Wildman–Crippen MR) is 78.1 cm³/mol. The van der Waals surface area contributed by atoms with E-state index in [4.69, 9.17) is 4.74 Å². The Morgan fingerprint density at radius 2 is 1.72 bits per heavy atom. The van der Waals surface area contributed by atoms with Gasteiger partial charge in [-0.25, -0.2) is 0 Å². The zero-order valence-electron chi connectivity index (χ0n) is 12.7. The molecule has 0 bridgehead atoms. The van der Waals surface area contributed by atoms with E-state index >= 15 is 0 Å². The predicted octanol–water partition coefficient (Wildman–Crippen LogP) is 2.65. The molecule has 1 rings (SSSR count). The Labute approximate surface area is 113 Å². The van der Waals surface area contributed by atoms with Crippen LogP contribution in [0, 0.1) is 0 Å². The Balaban J connectivity index is 2.12. The third-order valence-electron chi connectivity index (χ3n) is 3.65. The van der Waals surface area contributed by atoms with E-state index in [1.165, 1.54) is 45.3 Å². The van der Waals surface area contributed by atoms with Crippen molar-refractivity contribution in [1.82, 2.24) is 10.2 Å². The number of ether oxygens (including phenoxy) is 1. The van der Waals surface area contributed by atoms with Gasteiger partial charge in [0, 0.05) is 18.7 Å². The molecule has 1 aliphatic rings. The highest BCUT2D eigenvalue weighted by molar-refractivity contribution is 4.74. The van der Waals surface area contributed by atoms with Crippen molar-refractivity contribution in [3.05, 3.63) is 0 Å². The minimum atomic E-state index is 0.375. The molecule has 108 valence electrons. The van der Waals surface area contributed by atoms with Crippen molar-refractivity contribution in [3.63, 3.8) is 0 Å². The number of rotatable bonds is 6. The Bertz CT molecular complexity index is 197. The molecule has 3 heteroatoms. The average Bonchev–Trinajstić information content (AvgIpc) is 2.28. The molecule has 1 heterocycles. The highest BCUT2D eigenvalue weighted by Gasteiger charge is 2.15. The van der Waals surface area contributed by atoms with E-state index in [0.717, 1.165) is 6.61 Å². The van der Waals surface area contributed by atoms with Gasteiger partial charge < -0.3 is 15.0 Å².